The van der Waals surface area contributed by atoms with Crippen molar-refractivity contribution in [2.45, 2.75) is 26.2 Å². The molecule has 1 unspecified atom stereocenters. The number of hydrogen-bond donors (Lipinski definition) is 1. The van der Waals surface area contributed by atoms with E-state index in [1.165, 1.54) is 11.1 Å². The highest BCUT2D eigenvalue weighted by Crippen LogP contribution is 2.34. The van der Waals surface area contributed by atoms with Crippen LogP contribution in [0.3, 0.4) is 0 Å². The quantitative estimate of drug-likeness (QED) is 0.863. The van der Waals surface area contributed by atoms with Crippen LogP contribution in [-0.2, 0) is 6.42 Å². The minimum absolute atomic E-state index is 0.0429. The first kappa shape index (κ1) is 17.7. The van der Waals surface area contributed by atoms with E-state index in [-0.39, 0.29) is 12.0 Å². The van der Waals surface area contributed by atoms with Gasteiger partial charge in [0, 0.05) is 17.5 Å². The number of aliphatic hydroxyl groups excluding tert-OH is 1. The van der Waals surface area contributed by atoms with Crippen LogP contribution in [0.5, 0.6) is 0 Å². The molecule has 2 heteroatoms. The molecular formula is C23H27NO. The predicted molar refractivity (Wildman–Crippen MR) is 103 cm³/mol. The summed E-state index contributed by atoms with van der Waals surface area (Å²) < 4.78 is 0. The van der Waals surface area contributed by atoms with E-state index in [1.54, 1.807) is 0 Å². The third kappa shape index (κ3) is 4.72. The first-order valence-electron chi connectivity index (χ1n) is 9.12. The fourth-order valence-electron chi connectivity index (χ4n) is 3.76. The van der Waals surface area contributed by atoms with Crippen LogP contribution in [0, 0.1) is 24.2 Å². The minimum atomic E-state index is -0.0429. The molecule has 0 aromatic heterocycles. The standard InChI is InChI=1S/C23H27NO/c1-20-9-5-6-13-22(20)17-23(19-25)14-8-16-24(18-23)15-7-12-21-10-3-2-4-11-21/h2-6,9-11,13,25H,8,14-19H2,1H3. The lowest BCUT2D eigenvalue weighted by Crippen LogP contribution is -2.46. The molecule has 0 radical (unpaired) electrons. The maximum atomic E-state index is 10.2. The first-order chi connectivity index (χ1) is 12.2. The van der Waals surface area contributed by atoms with Crippen LogP contribution in [-0.4, -0.2) is 36.2 Å². The molecule has 2 aromatic rings. The Balaban J connectivity index is 1.66. The highest BCUT2D eigenvalue weighted by molar-refractivity contribution is 5.34. The Hall–Kier alpha value is -2.08. The van der Waals surface area contributed by atoms with Crippen LogP contribution in [0.15, 0.2) is 54.6 Å². The molecule has 0 aliphatic carbocycles. The highest BCUT2D eigenvalue weighted by atomic mass is 16.3. The van der Waals surface area contributed by atoms with Crippen LogP contribution in [0.2, 0.25) is 0 Å². The number of aliphatic hydroxyl groups is 1. The highest BCUT2D eigenvalue weighted by Gasteiger charge is 2.35. The lowest BCUT2D eigenvalue weighted by molar-refractivity contribution is 0.0383. The van der Waals surface area contributed by atoms with Gasteiger partial charge in [-0.05, 0) is 56.0 Å². The van der Waals surface area contributed by atoms with Crippen LogP contribution >= 0.6 is 0 Å². The van der Waals surface area contributed by atoms with Crippen molar-refractivity contribution >= 4 is 0 Å². The first-order valence-corrected chi connectivity index (χ1v) is 9.12. The normalized spacial score (nSPS) is 20.7. The molecule has 0 bridgehead atoms. The van der Waals surface area contributed by atoms with Crippen molar-refractivity contribution < 1.29 is 5.11 Å². The van der Waals surface area contributed by atoms with Crippen molar-refractivity contribution in [3.05, 3.63) is 71.3 Å². The Morgan fingerprint density at radius 2 is 1.84 bits per heavy atom. The average molecular weight is 333 g/mol. The number of piperidine rings is 1. The Kier molecular flexibility index (Phi) is 5.91. The van der Waals surface area contributed by atoms with E-state index in [0.29, 0.717) is 0 Å². The Labute approximate surface area is 151 Å². The molecule has 0 saturated carbocycles. The van der Waals surface area contributed by atoms with Gasteiger partial charge in [0.25, 0.3) is 0 Å². The molecule has 130 valence electrons. The van der Waals surface area contributed by atoms with E-state index in [0.717, 1.165) is 44.5 Å². The van der Waals surface area contributed by atoms with Crippen LogP contribution in [0.25, 0.3) is 0 Å². The predicted octanol–water partition coefficient (Wildman–Crippen LogP) is 3.66. The Bertz CT molecular complexity index is 743. The van der Waals surface area contributed by atoms with E-state index < -0.39 is 0 Å². The lowest BCUT2D eigenvalue weighted by atomic mass is 9.75. The topological polar surface area (TPSA) is 23.5 Å². The summed E-state index contributed by atoms with van der Waals surface area (Å²) in [6.45, 7) is 5.15. The van der Waals surface area contributed by atoms with Gasteiger partial charge in [-0.3, -0.25) is 4.90 Å². The van der Waals surface area contributed by atoms with Gasteiger partial charge in [-0.25, -0.2) is 0 Å². The van der Waals surface area contributed by atoms with Gasteiger partial charge in [0.05, 0.1) is 13.2 Å². The fourth-order valence-corrected chi connectivity index (χ4v) is 3.76. The number of likely N-dealkylation sites (tertiary alicyclic amines) is 1. The van der Waals surface area contributed by atoms with Crippen LogP contribution in [0.1, 0.15) is 29.5 Å². The molecule has 0 amide bonds. The van der Waals surface area contributed by atoms with Crippen molar-refractivity contribution in [2.24, 2.45) is 5.41 Å². The Morgan fingerprint density at radius 1 is 1.08 bits per heavy atom. The van der Waals surface area contributed by atoms with Gasteiger partial charge in [-0.2, -0.15) is 0 Å². The van der Waals surface area contributed by atoms with E-state index in [1.807, 2.05) is 30.3 Å². The van der Waals surface area contributed by atoms with Crippen molar-refractivity contribution in [1.29, 1.82) is 0 Å². The summed E-state index contributed by atoms with van der Waals surface area (Å²) in [5.74, 6) is 6.54. The third-order valence-corrected chi connectivity index (χ3v) is 5.21. The number of benzene rings is 2. The molecule has 1 aliphatic rings. The van der Waals surface area contributed by atoms with E-state index >= 15 is 0 Å². The summed E-state index contributed by atoms with van der Waals surface area (Å²) in [6, 6.07) is 18.7. The van der Waals surface area contributed by atoms with Gasteiger partial charge >= 0.3 is 0 Å². The zero-order chi connectivity index (χ0) is 17.5. The zero-order valence-corrected chi connectivity index (χ0v) is 15.0. The molecule has 0 spiro atoms. The van der Waals surface area contributed by atoms with E-state index in [2.05, 4.69) is 47.9 Å². The van der Waals surface area contributed by atoms with Crippen molar-refractivity contribution in [3.63, 3.8) is 0 Å². The zero-order valence-electron chi connectivity index (χ0n) is 15.0. The number of nitrogens with zero attached hydrogens (tertiary/aromatic N) is 1. The number of hydrogen-bond acceptors (Lipinski definition) is 2. The second kappa shape index (κ2) is 8.34. The second-order valence-electron chi connectivity index (χ2n) is 7.24. The lowest BCUT2D eigenvalue weighted by Gasteiger charge is -2.41. The summed E-state index contributed by atoms with van der Waals surface area (Å²) in [7, 11) is 0. The SMILES string of the molecule is Cc1ccccc1CC1(CO)CCCN(CC#Cc2ccccc2)C1. The average Bonchev–Trinajstić information content (AvgIpc) is 2.65. The molecular weight excluding hydrogens is 306 g/mol. The number of aryl methyl sites for hydroxylation is 1. The van der Waals surface area contributed by atoms with Gasteiger partial charge in [0.1, 0.15) is 0 Å². The molecule has 1 fully saturated rings. The maximum absolute atomic E-state index is 10.2. The molecule has 1 N–H and O–H groups in total. The van der Waals surface area contributed by atoms with Gasteiger partial charge in [0.15, 0.2) is 0 Å². The molecule has 1 aliphatic heterocycles. The van der Waals surface area contributed by atoms with Crippen molar-refractivity contribution in [1.82, 2.24) is 4.90 Å². The third-order valence-electron chi connectivity index (χ3n) is 5.21. The molecule has 2 nitrogen and oxygen atoms in total. The van der Waals surface area contributed by atoms with Gasteiger partial charge in [0.2, 0.25) is 0 Å². The summed E-state index contributed by atoms with van der Waals surface area (Å²) >= 11 is 0. The minimum Gasteiger partial charge on any atom is -0.396 e. The second-order valence-corrected chi connectivity index (χ2v) is 7.24. The smallest absolute Gasteiger partial charge is 0.0605 e. The summed E-state index contributed by atoms with van der Waals surface area (Å²) in [5, 5.41) is 10.2. The molecule has 1 heterocycles. The van der Waals surface area contributed by atoms with Gasteiger partial charge in [-0.15, -0.1) is 0 Å². The summed E-state index contributed by atoms with van der Waals surface area (Å²) in [6.07, 6.45) is 3.15. The van der Waals surface area contributed by atoms with Crippen LogP contribution in [0.4, 0.5) is 0 Å². The monoisotopic (exact) mass is 333 g/mol. The summed E-state index contributed by atoms with van der Waals surface area (Å²) in [4.78, 5) is 2.40. The molecule has 3 rings (SSSR count). The molecule has 25 heavy (non-hydrogen) atoms. The van der Waals surface area contributed by atoms with E-state index in [9.17, 15) is 5.11 Å². The fraction of sp³-hybridized carbons (Fsp3) is 0.391. The molecule has 1 atom stereocenters. The van der Waals surface area contributed by atoms with Gasteiger partial charge < -0.3 is 5.11 Å². The van der Waals surface area contributed by atoms with Crippen molar-refractivity contribution in [2.75, 3.05) is 26.2 Å². The van der Waals surface area contributed by atoms with Crippen LogP contribution < -0.4 is 0 Å². The number of rotatable bonds is 4. The van der Waals surface area contributed by atoms with Gasteiger partial charge in [-0.1, -0.05) is 54.3 Å². The summed E-state index contributed by atoms with van der Waals surface area (Å²) in [5.41, 5.74) is 3.69. The largest absolute Gasteiger partial charge is 0.396 e. The maximum Gasteiger partial charge on any atom is 0.0605 e. The molecule has 2 aromatic carbocycles. The Morgan fingerprint density at radius 3 is 2.60 bits per heavy atom. The van der Waals surface area contributed by atoms with Crippen molar-refractivity contribution in [3.8, 4) is 11.8 Å². The van der Waals surface area contributed by atoms with E-state index in [4.69, 9.17) is 0 Å². The molecule has 1 saturated heterocycles.